The fraction of sp³-hybridized carbons (Fsp3) is 0.250. The maximum Gasteiger partial charge on any atom is 0.231 e. The molecule has 0 atom stereocenters. The zero-order chi connectivity index (χ0) is 15.8. The van der Waals surface area contributed by atoms with Gasteiger partial charge in [0.2, 0.25) is 5.91 Å². The molecule has 0 unspecified atom stereocenters. The maximum atomic E-state index is 12.9. The lowest BCUT2D eigenvalue weighted by Gasteiger charge is -2.18. The van der Waals surface area contributed by atoms with Gasteiger partial charge in [0.05, 0.1) is 11.2 Å². The Labute approximate surface area is 140 Å². The molecule has 0 aliphatic carbocycles. The average molecular weight is 321 g/mol. The lowest BCUT2D eigenvalue weighted by atomic mass is 10.1. The normalized spacial score (nSPS) is 12.9. The lowest BCUT2D eigenvalue weighted by Crippen LogP contribution is -2.13. The number of carbonyl (C=O) groups excluding carboxylic acids is 1. The molecule has 0 amide bonds. The molecule has 116 valence electrons. The summed E-state index contributed by atoms with van der Waals surface area (Å²) < 4.78 is 1.97. The Morgan fingerprint density at radius 1 is 1.13 bits per heavy atom. The Morgan fingerprint density at radius 2 is 1.91 bits per heavy atom. The molecule has 0 spiro atoms. The van der Waals surface area contributed by atoms with Gasteiger partial charge in [-0.15, -0.1) is 11.8 Å². The number of rotatable bonds is 3. The number of carbonyl (C=O) groups is 1. The van der Waals surface area contributed by atoms with Gasteiger partial charge < -0.3 is 0 Å². The van der Waals surface area contributed by atoms with Crippen molar-refractivity contribution >= 4 is 28.6 Å². The summed E-state index contributed by atoms with van der Waals surface area (Å²) in [6.45, 7) is 2.13. The highest BCUT2D eigenvalue weighted by molar-refractivity contribution is 7.98. The van der Waals surface area contributed by atoms with Crippen molar-refractivity contribution < 1.29 is 4.79 Å². The van der Waals surface area contributed by atoms with E-state index in [1.54, 1.807) is 0 Å². The zero-order valence-corrected chi connectivity index (χ0v) is 14.0. The third-order valence-corrected chi connectivity index (χ3v) is 5.59. The highest BCUT2D eigenvalue weighted by Gasteiger charge is 2.26. The first-order valence-electron chi connectivity index (χ1n) is 8.19. The quantitative estimate of drug-likeness (QED) is 0.613. The van der Waals surface area contributed by atoms with Crippen LogP contribution in [-0.2, 0) is 5.75 Å². The molecule has 0 saturated carbocycles. The molecular formula is C20H19NOS. The van der Waals surface area contributed by atoms with Crippen molar-refractivity contribution in [3.63, 3.8) is 0 Å². The summed E-state index contributed by atoms with van der Waals surface area (Å²) in [5.74, 6) is 1.15. The van der Waals surface area contributed by atoms with Crippen LogP contribution >= 0.6 is 11.8 Å². The van der Waals surface area contributed by atoms with Crippen molar-refractivity contribution in [3.8, 4) is 11.3 Å². The lowest BCUT2D eigenvalue weighted by molar-refractivity contribution is 0.0907. The Hall–Kier alpha value is -2.00. The molecular weight excluding hydrogens is 302 g/mol. The molecule has 0 N–H and O–H groups in total. The molecule has 0 bridgehead atoms. The number of hydrogen-bond acceptors (Lipinski definition) is 2. The molecule has 4 rings (SSSR count). The monoisotopic (exact) mass is 321 g/mol. The Balaban J connectivity index is 2.00. The Kier molecular flexibility index (Phi) is 3.74. The van der Waals surface area contributed by atoms with Gasteiger partial charge in [-0.25, -0.2) is 0 Å². The molecule has 0 fully saturated rings. The van der Waals surface area contributed by atoms with Crippen LogP contribution in [-0.4, -0.2) is 10.5 Å². The highest BCUT2D eigenvalue weighted by Crippen LogP contribution is 2.45. The number of hydrogen-bond donors (Lipinski definition) is 0. The van der Waals surface area contributed by atoms with Gasteiger partial charge >= 0.3 is 0 Å². The second kappa shape index (κ2) is 5.89. The Morgan fingerprint density at radius 3 is 2.78 bits per heavy atom. The van der Waals surface area contributed by atoms with Gasteiger partial charge in [-0.1, -0.05) is 49.7 Å². The van der Waals surface area contributed by atoms with Crippen molar-refractivity contribution in [3.05, 3.63) is 54.1 Å². The molecule has 2 nitrogen and oxygen atoms in total. The fourth-order valence-electron chi connectivity index (χ4n) is 3.37. The van der Waals surface area contributed by atoms with E-state index >= 15 is 0 Å². The van der Waals surface area contributed by atoms with Crippen LogP contribution in [0.1, 0.15) is 36.5 Å². The van der Waals surface area contributed by atoms with E-state index in [9.17, 15) is 4.79 Å². The van der Waals surface area contributed by atoms with E-state index < -0.39 is 0 Å². The first kappa shape index (κ1) is 14.6. The van der Waals surface area contributed by atoms with E-state index in [-0.39, 0.29) is 5.91 Å². The molecule has 0 radical (unpaired) electrons. The highest BCUT2D eigenvalue weighted by atomic mass is 32.2. The SMILES string of the molecule is CCCCC(=O)n1c2c(c3ccccc31)CSc1ccccc1-2. The van der Waals surface area contributed by atoms with Gasteiger partial charge in [0.15, 0.2) is 0 Å². The number of para-hydroxylation sites is 1. The number of benzene rings is 2. The predicted molar refractivity (Wildman–Crippen MR) is 97.1 cm³/mol. The smallest absolute Gasteiger partial charge is 0.231 e. The van der Waals surface area contributed by atoms with Crippen LogP contribution in [0.3, 0.4) is 0 Å². The predicted octanol–water partition coefficient (Wildman–Crippen LogP) is 5.74. The molecule has 2 aromatic carbocycles. The number of fused-ring (bicyclic) bond motifs is 5. The average Bonchev–Trinajstić information content (AvgIpc) is 2.94. The standard InChI is InChI=1S/C20H19NOS/c1-2-3-12-19(22)21-17-10-6-4-8-14(17)16-13-23-18-11-7-5-9-15(18)20(16)21/h4-11H,2-3,12-13H2,1H3. The first-order chi connectivity index (χ1) is 11.3. The van der Waals surface area contributed by atoms with Gasteiger partial charge in [0, 0.05) is 28.0 Å². The topological polar surface area (TPSA) is 22.0 Å². The third-order valence-electron chi connectivity index (χ3n) is 4.49. The Bertz CT molecular complexity index is 894. The summed E-state index contributed by atoms with van der Waals surface area (Å²) in [5, 5.41) is 1.22. The molecule has 0 saturated heterocycles. The van der Waals surface area contributed by atoms with E-state index in [2.05, 4.69) is 49.4 Å². The molecule has 3 aromatic rings. The minimum atomic E-state index is 0.214. The van der Waals surface area contributed by atoms with Crippen molar-refractivity contribution in [1.82, 2.24) is 4.57 Å². The van der Waals surface area contributed by atoms with Crippen molar-refractivity contribution in [2.75, 3.05) is 0 Å². The largest absolute Gasteiger partial charge is 0.279 e. The van der Waals surface area contributed by atoms with Crippen LogP contribution in [0.15, 0.2) is 53.4 Å². The van der Waals surface area contributed by atoms with E-state index in [1.807, 2.05) is 22.4 Å². The van der Waals surface area contributed by atoms with Crippen molar-refractivity contribution in [1.29, 1.82) is 0 Å². The minimum Gasteiger partial charge on any atom is -0.279 e. The van der Waals surface area contributed by atoms with Crippen molar-refractivity contribution in [2.24, 2.45) is 0 Å². The second-order valence-corrected chi connectivity index (χ2v) is 6.98. The second-order valence-electron chi connectivity index (χ2n) is 5.96. The van der Waals surface area contributed by atoms with Gasteiger partial charge in [0.1, 0.15) is 0 Å². The van der Waals surface area contributed by atoms with E-state index in [0.717, 1.165) is 29.8 Å². The van der Waals surface area contributed by atoms with Gasteiger partial charge in [0.25, 0.3) is 0 Å². The minimum absolute atomic E-state index is 0.214. The number of thioether (sulfide) groups is 1. The van der Waals surface area contributed by atoms with Crippen LogP contribution in [0, 0.1) is 0 Å². The molecule has 2 heterocycles. The molecule has 23 heavy (non-hydrogen) atoms. The summed E-state index contributed by atoms with van der Waals surface area (Å²) in [7, 11) is 0. The summed E-state index contributed by atoms with van der Waals surface area (Å²) in [4.78, 5) is 14.2. The molecule has 3 heteroatoms. The van der Waals surface area contributed by atoms with Crippen LogP contribution in [0.25, 0.3) is 22.2 Å². The van der Waals surface area contributed by atoms with Gasteiger partial charge in [-0.3, -0.25) is 9.36 Å². The van der Waals surface area contributed by atoms with Gasteiger partial charge in [-0.05, 0) is 24.1 Å². The third kappa shape index (κ3) is 2.31. The molecule has 1 aliphatic rings. The number of unbranched alkanes of at least 4 members (excludes halogenated alkanes) is 1. The van der Waals surface area contributed by atoms with Crippen molar-refractivity contribution in [2.45, 2.75) is 36.8 Å². The van der Waals surface area contributed by atoms with E-state index in [1.165, 1.54) is 21.4 Å². The van der Waals surface area contributed by atoms with E-state index in [4.69, 9.17) is 0 Å². The summed E-state index contributed by atoms with van der Waals surface area (Å²) >= 11 is 1.86. The number of nitrogens with zero attached hydrogens (tertiary/aromatic N) is 1. The first-order valence-corrected chi connectivity index (χ1v) is 9.17. The summed E-state index contributed by atoms with van der Waals surface area (Å²) in [6.07, 6.45) is 2.59. The zero-order valence-electron chi connectivity index (χ0n) is 13.2. The van der Waals surface area contributed by atoms with Crippen LogP contribution < -0.4 is 0 Å². The molecule has 1 aliphatic heterocycles. The van der Waals surface area contributed by atoms with Gasteiger partial charge in [-0.2, -0.15) is 0 Å². The number of aromatic nitrogens is 1. The van der Waals surface area contributed by atoms with Crippen LogP contribution in [0.5, 0.6) is 0 Å². The van der Waals surface area contributed by atoms with E-state index in [0.29, 0.717) is 6.42 Å². The van der Waals surface area contributed by atoms with Crippen LogP contribution in [0.2, 0.25) is 0 Å². The van der Waals surface area contributed by atoms with Crippen LogP contribution in [0.4, 0.5) is 0 Å². The summed E-state index contributed by atoms with van der Waals surface area (Å²) in [5.41, 5.74) is 4.66. The summed E-state index contributed by atoms with van der Waals surface area (Å²) in [6, 6.07) is 16.7. The fourth-order valence-corrected chi connectivity index (χ4v) is 4.46. The maximum absolute atomic E-state index is 12.9. The molecule has 1 aromatic heterocycles.